The van der Waals surface area contributed by atoms with Crippen LogP contribution in [0, 0.1) is 0 Å². The molecule has 14 nitrogen and oxygen atoms in total. The Labute approximate surface area is 335 Å². The van der Waals surface area contributed by atoms with Crippen molar-refractivity contribution < 1.29 is 42.9 Å². The summed E-state index contributed by atoms with van der Waals surface area (Å²) in [4.78, 5) is 38.3. The molecule has 0 spiro atoms. The fraction of sp³-hybridized carbons (Fsp3) is 0.349. The Bertz CT molecular complexity index is 2600. The van der Waals surface area contributed by atoms with Crippen LogP contribution < -0.4 is 14.9 Å². The molecule has 1 unspecified atom stereocenters. The summed E-state index contributed by atoms with van der Waals surface area (Å²) in [6, 6.07) is 24.1. The van der Waals surface area contributed by atoms with Crippen molar-refractivity contribution in [3.63, 3.8) is 0 Å². The molecule has 3 heterocycles. The number of imidazole rings is 1. The molecule has 1 aliphatic carbocycles. The topological polar surface area (TPSA) is 181 Å². The molecular formula is C43H46N6O8P+. The summed E-state index contributed by atoms with van der Waals surface area (Å²) < 4.78 is 30.9. The molecule has 300 valence electrons. The molecule has 0 bridgehead atoms. The second-order valence-electron chi connectivity index (χ2n) is 14.8. The number of ether oxygens (including phenoxy) is 2. The largest absolute Gasteiger partial charge is 0.566 e. The van der Waals surface area contributed by atoms with E-state index in [1.165, 1.54) is 37.0 Å². The minimum Gasteiger partial charge on any atom is -0.566 e. The molecule has 2 aromatic heterocycles. The van der Waals surface area contributed by atoms with Gasteiger partial charge in [0, 0.05) is 6.42 Å². The van der Waals surface area contributed by atoms with Crippen molar-refractivity contribution in [3.8, 4) is 5.88 Å². The second-order valence-corrected chi connectivity index (χ2v) is 15.4. The van der Waals surface area contributed by atoms with Gasteiger partial charge in [0.25, 0.3) is 5.88 Å². The van der Waals surface area contributed by atoms with Gasteiger partial charge in [0.15, 0.2) is 11.2 Å². The molecule has 1 aliphatic heterocycles. The third-order valence-electron chi connectivity index (χ3n) is 12.1. The van der Waals surface area contributed by atoms with Crippen LogP contribution in [0.1, 0.15) is 74.0 Å². The van der Waals surface area contributed by atoms with Crippen molar-refractivity contribution in [1.82, 2.24) is 19.5 Å². The Kier molecular flexibility index (Phi) is 11.1. The van der Waals surface area contributed by atoms with E-state index in [1.54, 1.807) is 34.9 Å². The van der Waals surface area contributed by atoms with Crippen LogP contribution in [0.25, 0.3) is 43.5 Å². The van der Waals surface area contributed by atoms with E-state index in [1.807, 2.05) is 30.3 Å². The van der Waals surface area contributed by atoms with Gasteiger partial charge in [-0.25, -0.2) is 9.78 Å². The molecule has 9 rings (SSSR count). The number of hydrogen-bond acceptors (Lipinski definition) is 12. The summed E-state index contributed by atoms with van der Waals surface area (Å²) in [5.74, 6) is -0.752. The van der Waals surface area contributed by atoms with E-state index < -0.39 is 51.4 Å². The van der Waals surface area contributed by atoms with Crippen LogP contribution in [0.5, 0.6) is 5.88 Å². The first-order valence-electron chi connectivity index (χ1n) is 19.7. The first-order chi connectivity index (χ1) is 28.1. The Morgan fingerprint density at radius 1 is 0.914 bits per heavy atom. The molecule has 1 fully saturated rings. The maximum Gasteiger partial charge on any atom is 0.488 e. The number of aromatic nitrogens is 4. The lowest BCUT2D eigenvalue weighted by Crippen LogP contribution is -2.47. The number of nitrogens with zero attached hydrogens (tertiary/aromatic N) is 5. The van der Waals surface area contributed by atoms with Crippen molar-refractivity contribution in [2.45, 2.75) is 64.7 Å². The van der Waals surface area contributed by atoms with Gasteiger partial charge in [0.05, 0.1) is 50.7 Å². The average molecular weight is 806 g/mol. The van der Waals surface area contributed by atoms with Gasteiger partial charge in [0.1, 0.15) is 24.5 Å². The number of anilines is 1. The Hall–Kier alpha value is -5.18. The monoisotopic (exact) mass is 805 g/mol. The number of quaternary nitrogens is 1. The molecule has 6 atom stereocenters. The Morgan fingerprint density at radius 3 is 2.28 bits per heavy atom. The maximum absolute atomic E-state index is 13.2. The van der Waals surface area contributed by atoms with Gasteiger partial charge in [-0.05, 0) is 93.9 Å². The van der Waals surface area contributed by atoms with E-state index in [2.05, 4.69) is 61.2 Å². The van der Waals surface area contributed by atoms with Gasteiger partial charge in [-0.3, -0.25) is 4.57 Å². The number of carbonyl (C=O) groups excluding carboxylic acids is 1. The van der Waals surface area contributed by atoms with Crippen molar-refractivity contribution in [3.05, 3.63) is 102 Å². The minimum absolute atomic E-state index is 0.0450. The van der Waals surface area contributed by atoms with Gasteiger partial charge in [-0.15, -0.1) is 4.52 Å². The first kappa shape index (κ1) is 39.6. The molecule has 0 radical (unpaired) electrons. The van der Waals surface area contributed by atoms with E-state index in [0.717, 1.165) is 43.4 Å². The molecule has 15 heteroatoms. The smallest absolute Gasteiger partial charge is 0.488 e. The first-order valence-corrected chi connectivity index (χ1v) is 20.8. The molecule has 58 heavy (non-hydrogen) atoms. The standard InChI is InChI=1S/C35H26N5O8P.C8H20N/c41-15-24-23(48-49(44)45)14-25(46-24)40-16-36-30-32(40)38-35(39-33(30)47-34(43)19-5-2-1-3-6-19)37-29-21-12-11-18-10-9-17-7-4-8-20-13-22(31(29)42)28(21)27(18)26(17)20;1-5-9(6-2,7-3)8-4/h1-13,16,23-25,29,31,41-42H,14-15H2,(H,37,38,39);5-8H2,1-4H3/q;+1/t23-,24+,25+,29-,31-;/m0./s1. The molecular weight excluding hydrogens is 759 g/mol. The van der Waals surface area contributed by atoms with Crippen molar-refractivity contribution in [2.24, 2.45) is 0 Å². The number of esters is 1. The number of benzene rings is 5. The Balaban J connectivity index is 0.000000469. The number of hydrogen-bond donors (Lipinski definition) is 3. The van der Waals surface area contributed by atoms with Crippen molar-refractivity contribution in [2.75, 3.05) is 38.1 Å². The summed E-state index contributed by atoms with van der Waals surface area (Å²) in [6.07, 6.45) is -2.15. The fourth-order valence-corrected chi connectivity index (χ4v) is 9.05. The summed E-state index contributed by atoms with van der Waals surface area (Å²) in [5, 5.41) is 31.3. The lowest BCUT2D eigenvalue weighted by atomic mass is 9.91. The fourth-order valence-electron chi connectivity index (χ4n) is 8.60. The van der Waals surface area contributed by atoms with Crippen LogP contribution in [-0.2, 0) is 13.8 Å². The summed E-state index contributed by atoms with van der Waals surface area (Å²) in [6.45, 7) is 13.7. The van der Waals surface area contributed by atoms with Gasteiger partial charge in [-0.2, -0.15) is 9.97 Å². The molecule has 3 N–H and O–H groups in total. The highest BCUT2D eigenvalue weighted by Crippen LogP contribution is 2.50. The van der Waals surface area contributed by atoms with Crippen LogP contribution in [0.2, 0.25) is 0 Å². The van der Waals surface area contributed by atoms with E-state index in [9.17, 15) is 24.5 Å². The summed E-state index contributed by atoms with van der Waals surface area (Å²) in [7, 11) is -3.19. The molecule has 0 amide bonds. The highest BCUT2D eigenvalue weighted by molar-refractivity contribution is 7.30. The molecule has 0 saturated carbocycles. The zero-order valence-electron chi connectivity index (χ0n) is 32.7. The normalized spacial score (nSPS) is 20.5. The van der Waals surface area contributed by atoms with E-state index in [4.69, 9.17) is 19.0 Å². The molecule has 2 aliphatic rings. The number of carbonyl (C=O) groups is 1. The predicted octanol–water partition coefficient (Wildman–Crippen LogP) is 6.71. The van der Waals surface area contributed by atoms with Gasteiger partial charge in [-0.1, -0.05) is 60.7 Å². The number of rotatable bonds is 12. The van der Waals surface area contributed by atoms with Crippen LogP contribution in [-0.4, -0.2) is 85.2 Å². The zero-order valence-corrected chi connectivity index (χ0v) is 33.6. The van der Waals surface area contributed by atoms with Crippen molar-refractivity contribution in [1.29, 1.82) is 0 Å². The number of aliphatic hydroxyl groups excluding tert-OH is 2. The van der Waals surface area contributed by atoms with Crippen LogP contribution in [0.3, 0.4) is 0 Å². The number of nitrogens with one attached hydrogen (secondary N) is 1. The molecule has 1 saturated heterocycles. The van der Waals surface area contributed by atoms with E-state index in [-0.39, 0.29) is 29.4 Å². The highest BCUT2D eigenvalue weighted by atomic mass is 31.1. The highest BCUT2D eigenvalue weighted by Gasteiger charge is 2.41. The van der Waals surface area contributed by atoms with Crippen LogP contribution in [0.15, 0.2) is 85.2 Å². The van der Waals surface area contributed by atoms with Gasteiger partial charge >= 0.3 is 14.2 Å². The van der Waals surface area contributed by atoms with Crippen LogP contribution in [0.4, 0.5) is 5.95 Å². The van der Waals surface area contributed by atoms with E-state index in [0.29, 0.717) is 5.56 Å². The third-order valence-corrected chi connectivity index (χ3v) is 12.6. The molecule has 7 aromatic rings. The zero-order chi connectivity index (χ0) is 40.7. The third kappa shape index (κ3) is 7.04. The Morgan fingerprint density at radius 2 is 1.60 bits per heavy atom. The quantitative estimate of drug-likeness (QED) is 0.0515. The number of aliphatic hydroxyl groups is 2. The van der Waals surface area contributed by atoms with E-state index >= 15 is 0 Å². The van der Waals surface area contributed by atoms with Crippen molar-refractivity contribution >= 4 is 63.7 Å². The van der Waals surface area contributed by atoms with Gasteiger partial charge < -0.3 is 34.4 Å². The lowest BCUT2D eigenvalue weighted by molar-refractivity contribution is -0.921. The average Bonchev–Trinajstić information content (AvgIpc) is 3.93. The predicted molar refractivity (Wildman–Crippen MR) is 219 cm³/mol. The molecule has 5 aromatic carbocycles. The number of fused-ring (bicyclic) bond motifs is 1. The second kappa shape index (κ2) is 16.2. The summed E-state index contributed by atoms with van der Waals surface area (Å²) in [5.41, 5.74) is 2.30. The minimum atomic E-state index is -3.19. The van der Waals surface area contributed by atoms with Crippen LogP contribution >= 0.6 is 8.25 Å². The maximum atomic E-state index is 13.2. The lowest BCUT2D eigenvalue weighted by Gasteiger charge is -2.34. The summed E-state index contributed by atoms with van der Waals surface area (Å²) >= 11 is 0. The van der Waals surface area contributed by atoms with Gasteiger partial charge in [0.2, 0.25) is 5.95 Å². The SMILES string of the molecule is CC[N+](CC)(CC)CC.O=C(Oc1nc(N[C@H]2c3ccc4ccc5cccc6cc(c3c4c56)[C@@H]2O)nc2c1ncn2[C@H]1C[C@H](O[P+](=O)[O-])[C@@H](CO)O1)c1ccccc1.